The monoisotopic (exact) mass is 209 g/mol. The summed E-state index contributed by atoms with van der Waals surface area (Å²) in [7, 11) is 0. The first-order valence-corrected chi connectivity index (χ1v) is 4.06. The van der Waals surface area contributed by atoms with E-state index in [0.29, 0.717) is 0 Å². The predicted octanol–water partition coefficient (Wildman–Crippen LogP) is 3.38. The molecule has 0 spiro atoms. The maximum absolute atomic E-state index is 5.27. The Hall–Kier alpha value is -0.760. The van der Waals surface area contributed by atoms with Gasteiger partial charge in [0.1, 0.15) is 5.58 Å². The Balaban J connectivity index is 2.94. The van der Waals surface area contributed by atoms with Crippen molar-refractivity contribution in [3.8, 4) is 0 Å². The molecule has 11 heavy (non-hydrogen) atoms. The van der Waals surface area contributed by atoms with Gasteiger partial charge in [-0.15, -0.1) is 0 Å². The lowest BCUT2D eigenvalue weighted by Crippen LogP contribution is -1.67. The zero-order valence-corrected chi connectivity index (χ0v) is 7.39. The summed E-state index contributed by atoms with van der Waals surface area (Å²) in [5.41, 5.74) is 1.80. The predicted molar refractivity (Wildman–Crippen MR) is 48.4 cm³/mol. The summed E-state index contributed by atoms with van der Waals surface area (Å²) in [6.07, 6.45) is 1.66. The molecule has 1 heterocycles. The highest BCUT2D eigenvalue weighted by atomic mass is 79.9. The van der Waals surface area contributed by atoms with Crippen molar-refractivity contribution in [1.82, 2.24) is 0 Å². The molecule has 2 heteroatoms. The molecule has 0 amide bonds. The maximum atomic E-state index is 5.27. The van der Waals surface area contributed by atoms with Crippen LogP contribution in [-0.2, 0) is 0 Å². The number of halogens is 1. The number of rotatable bonds is 0. The standard InChI is InChI=1S/C9H6BrO/c1-6-5-11-9-7(6)3-2-4-8(9)10/h2-5H,1H2. The van der Waals surface area contributed by atoms with Gasteiger partial charge in [-0.25, -0.2) is 0 Å². The minimum atomic E-state index is 0.873. The molecule has 2 rings (SSSR count). The third-order valence-corrected chi connectivity index (χ3v) is 2.26. The summed E-state index contributed by atoms with van der Waals surface area (Å²) in [4.78, 5) is 0. The fraction of sp³-hybridized carbons (Fsp3) is 0. The van der Waals surface area contributed by atoms with Crippen molar-refractivity contribution in [3.63, 3.8) is 0 Å². The van der Waals surface area contributed by atoms with Crippen molar-refractivity contribution in [2.45, 2.75) is 0 Å². The summed E-state index contributed by atoms with van der Waals surface area (Å²) < 4.78 is 6.25. The highest BCUT2D eigenvalue weighted by Crippen LogP contribution is 2.27. The highest BCUT2D eigenvalue weighted by molar-refractivity contribution is 9.10. The van der Waals surface area contributed by atoms with Crippen LogP contribution in [0.15, 0.2) is 33.4 Å². The minimum Gasteiger partial charge on any atom is -0.463 e. The van der Waals surface area contributed by atoms with Gasteiger partial charge < -0.3 is 4.42 Å². The number of benzene rings is 1. The molecule has 0 aliphatic heterocycles. The number of furan rings is 1. The maximum Gasteiger partial charge on any atom is 0.148 e. The minimum absolute atomic E-state index is 0.873. The van der Waals surface area contributed by atoms with E-state index in [-0.39, 0.29) is 0 Å². The Labute approximate surface area is 73.1 Å². The second-order valence-electron chi connectivity index (χ2n) is 2.38. The lowest BCUT2D eigenvalue weighted by atomic mass is 10.2. The summed E-state index contributed by atoms with van der Waals surface area (Å²) >= 11 is 3.39. The van der Waals surface area contributed by atoms with Crippen LogP contribution in [0.4, 0.5) is 0 Å². The van der Waals surface area contributed by atoms with Crippen LogP contribution in [0.1, 0.15) is 5.56 Å². The molecule has 2 aromatic rings. The van der Waals surface area contributed by atoms with E-state index in [1.165, 1.54) is 0 Å². The van der Waals surface area contributed by atoms with Crippen LogP contribution in [0, 0.1) is 6.92 Å². The Morgan fingerprint density at radius 3 is 2.91 bits per heavy atom. The van der Waals surface area contributed by atoms with Gasteiger partial charge in [0, 0.05) is 5.39 Å². The second-order valence-corrected chi connectivity index (χ2v) is 3.23. The first kappa shape index (κ1) is 6.92. The lowest BCUT2D eigenvalue weighted by Gasteiger charge is -1.90. The van der Waals surface area contributed by atoms with Crippen molar-refractivity contribution < 1.29 is 4.42 Å². The molecule has 0 atom stereocenters. The van der Waals surface area contributed by atoms with Crippen LogP contribution in [-0.4, -0.2) is 0 Å². The van der Waals surface area contributed by atoms with Gasteiger partial charge in [0.25, 0.3) is 0 Å². The molecule has 0 saturated carbocycles. The van der Waals surface area contributed by atoms with Crippen molar-refractivity contribution in [2.24, 2.45) is 0 Å². The van der Waals surface area contributed by atoms with Crippen LogP contribution >= 0.6 is 15.9 Å². The van der Waals surface area contributed by atoms with Gasteiger partial charge in [0.15, 0.2) is 0 Å². The molecule has 0 aliphatic rings. The van der Waals surface area contributed by atoms with E-state index in [1.54, 1.807) is 6.26 Å². The molecule has 0 aliphatic carbocycles. The van der Waals surface area contributed by atoms with Crippen LogP contribution in [0.25, 0.3) is 11.0 Å². The van der Waals surface area contributed by atoms with Crippen molar-refractivity contribution in [1.29, 1.82) is 0 Å². The van der Waals surface area contributed by atoms with E-state index >= 15 is 0 Å². The first-order valence-electron chi connectivity index (χ1n) is 3.27. The zero-order chi connectivity index (χ0) is 7.84. The van der Waals surface area contributed by atoms with Crippen LogP contribution in [0.5, 0.6) is 0 Å². The van der Waals surface area contributed by atoms with E-state index < -0.39 is 0 Å². The number of fused-ring (bicyclic) bond motifs is 1. The van der Waals surface area contributed by atoms with Gasteiger partial charge in [-0.05, 0) is 34.5 Å². The van der Waals surface area contributed by atoms with Crippen molar-refractivity contribution >= 4 is 26.9 Å². The number of para-hydroxylation sites is 1. The topological polar surface area (TPSA) is 13.1 Å². The molecule has 0 bridgehead atoms. The summed E-state index contributed by atoms with van der Waals surface area (Å²) in [5.74, 6) is 0. The average molecular weight is 210 g/mol. The largest absolute Gasteiger partial charge is 0.463 e. The third-order valence-electron chi connectivity index (χ3n) is 1.63. The van der Waals surface area contributed by atoms with Gasteiger partial charge in [-0.3, -0.25) is 0 Å². The summed E-state index contributed by atoms with van der Waals surface area (Å²) in [5, 5.41) is 1.07. The van der Waals surface area contributed by atoms with Crippen LogP contribution in [0.3, 0.4) is 0 Å². The van der Waals surface area contributed by atoms with Gasteiger partial charge in [0.05, 0.1) is 10.7 Å². The smallest absolute Gasteiger partial charge is 0.148 e. The number of hydrogen-bond donors (Lipinski definition) is 0. The first-order chi connectivity index (χ1) is 5.29. The Morgan fingerprint density at radius 1 is 1.36 bits per heavy atom. The highest BCUT2D eigenvalue weighted by Gasteiger charge is 2.03. The van der Waals surface area contributed by atoms with Gasteiger partial charge in [0.2, 0.25) is 0 Å². The van der Waals surface area contributed by atoms with Gasteiger partial charge >= 0.3 is 0 Å². The van der Waals surface area contributed by atoms with Crippen LogP contribution in [0.2, 0.25) is 0 Å². The van der Waals surface area contributed by atoms with Gasteiger partial charge in [-0.1, -0.05) is 12.1 Å². The second kappa shape index (κ2) is 2.38. The lowest BCUT2D eigenvalue weighted by molar-refractivity contribution is 0.612. The summed E-state index contributed by atoms with van der Waals surface area (Å²) in [6, 6.07) is 5.91. The molecular weight excluding hydrogens is 204 g/mol. The summed E-state index contributed by atoms with van der Waals surface area (Å²) in [6.45, 7) is 3.84. The van der Waals surface area contributed by atoms with E-state index in [2.05, 4.69) is 22.9 Å². The molecule has 0 N–H and O–H groups in total. The molecule has 1 radical (unpaired) electrons. The molecule has 55 valence electrons. The van der Waals surface area contributed by atoms with E-state index in [1.807, 2.05) is 18.2 Å². The quantitative estimate of drug-likeness (QED) is 0.649. The molecule has 0 unspecified atom stereocenters. The Kier molecular flexibility index (Phi) is 1.50. The Bertz CT molecular complexity index is 389. The SMILES string of the molecule is [CH2]c1coc2c(Br)cccc12. The van der Waals surface area contributed by atoms with E-state index in [4.69, 9.17) is 4.42 Å². The van der Waals surface area contributed by atoms with E-state index in [9.17, 15) is 0 Å². The fourth-order valence-corrected chi connectivity index (χ4v) is 1.53. The molecular formula is C9H6BrO. The Morgan fingerprint density at radius 2 is 2.18 bits per heavy atom. The van der Waals surface area contributed by atoms with E-state index in [0.717, 1.165) is 21.0 Å². The average Bonchev–Trinajstić information content (AvgIpc) is 2.35. The molecule has 0 saturated heterocycles. The molecule has 1 aromatic heterocycles. The molecule has 1 nitrogen and oxygen atoms in total. The fourth-order valence-electron chi connectivity index (χ4n) is 1.08. The zero-order valence-electron chi connectivity index (χ0n) is 5.80. The number of hydrogen-bond acceptors (Lipinski definition) is 1. The van der Waals surface area contributed by atoms with Crippen LogP contribution < -0.4 is 0 Å². The van der Waals surface area contributed by atoms with Gasteiger partial charge in [-0.2, -0.15) is 0 Å². The van der Waals surface area contributed by atoms with Crippen molar-refractivity contribution in [3.05, 3.63) is 41.4 Å². The molecule has 0 fully saturated rings. The normalized spacial score (nSPS) is 10.7. The molecule has 1 aromatic carbocycles. The van der Waals surface area contributed by atoms with Crippen molar-refractivity contribution in [2.75, 3.05) is 0 Å². The third kappa shape index (κ3) is 0.979.